The number of hydrogen-bond acceptors (Lipinski definition) is 5. The van der Waals surface area contributed by atoms with Crippen molar-refractivity contribution in [2.24, 2.45) is 10.2 Å². The van der Waals surface area contributed by atoms with Gasteiger partial charge in [-0.15, -0.1) is 5.10 Å². The molecular formula is C19H15Cl3N4O2S. The molecule has 2 aromatic carbocycles. The molecule has 0 spiro atoms. The van der Waals surface area contributed by atoms with Crippen molar-refractivity contribution >= 4 is 74.9 Å². The third-order valence-corrected chi connectivity index (χ3v) is 5.97. The second kappa shape index (κ2) is 9.63. The molecule has 0 saturated carbocycles. The number of nitrogens with one attached hydrogen (secondary N) is 2. The largest absolute Gasteiger partial charge is 0.325 e. The van der Waals surface area contributed by atoms with Gasteiger partial charge in [0, 0.05) is 17.1 Å². The molecule has 29 heavy (non-hydrogen) atoms. The topological polar surface area (TPSA) is 82.9 Å². The number of thioether (sulfide) groups is 1. The molecule has 2 aromatic rings. The van der Waals surface area contributed by atoms with Gasteiger partial charge in [-0.25, -0.2) is 0 Å². The van der Waals surface area contributed by atoms with Gasteiger partial charge in [0.15, 0.2) is 5.17 Å². The molecule has 1 aliphatic rings. The summed E-state index contributed by atoms with van der Waals surface area (Å²) in [6.07, 6.45) is 0.0245. The third-order valence-electron chi connectivity index (χ3n) is 3.90. The van der Waals surface area contributed by atoms with Gasteiger partial charge in [0.25, 0.3) is 0 Å². The Labute approximate surface area is 186 Å². The summed E-state index contributed by atoms with van der Waals surface area (Å²) in [7, 11) is 0. The first kappa shape index (κ1) is 21.6. The highest BCUT2D eigenvalue weighted by molar-refractivity contribution is 8.15. The van der Waals surface area contributed by atoms with E-state index in [0.717, 1.165) is 17.3 Å². The summed E-state index contributed by atoms with van der Waals surface area (Å²) in [5, 5.41) is 14.5. The van der Waals surface area contributed by atoms with Crippen LogP contribution in [0.2, 0.25) is 15.1 Å². The quantitative estimate of drug-likeness (QED) is 0.489. The first-order valence-electron chi connectivity index (χ1n) is 8.42. The van der Waals surface area contributed by atoms with Gasteiger partial charge in [0.1, 0.15) is 5.25 Å². The van der Waals surface area contributed by atoms with E-state index in [1.165, 1.54) is 0 Å². The van der Waals surface area contributed by atoms with Gasteiger partial charge in [-0.05, 0) is 42.8 Å². The Morgan fingerprint density at radius 3 is 2.55 bits per heavy atom. The van der Waals surface area contributed by atoms with Crippen molar-refractivity contribution in [3.8, 4) is 0 Å². The van der Waals surface area contributed by atoms with Crippen LogP contribution < -0.4 is 10.6 Å². The van der Waals surface area contributed by atoms with Crippen LogP contribution in [-0.4, -0.2) is 27.9 Å². The molecule has 0 bridgehead atoms. The van der Waals surface area contributed by atoms with Gasteiger partial charge in [-0.2, -0.15) is 5.10 Å². The fourth-order valence-electron chi connectivity index (χ4n) is 2.41. The van der Waals surface area contributed by atoms with Crippen molar-refractivity contribution in [1.29, 1.82) is 0 Å². The highest BCUT2D eigenvalue weighted by Crippen LogP contribution is 2.27. The molecule has 0 aromatic heterocycles. The molecule has 0 aliphatic carbocycles. The SMILES string of the molecule is C/C(=N/N=C1\NC(=O)CC(C(=O)Nc2ccc(Cl)c(Cl)c2)S1)c1ccc(Cl)cc1. The van der Waals surface area contributed by atoms with Crippen LogP contribution in [0.25, 0.3) is 0 Å². The molecule has 2 amide bonds. The molecule has 6 nitrogen and oxygen atoms in total. The summed E-state index contributed by atoms with van der Waals surface area (Å²) in [5.41, 5.74) is 1.98. The lowest BCUT2D eigenvalue weighted by molar-refractivity contribution is -0.123. The van der Waals surface area contributed by atoms with E-state index in [-0.39, 0.29) is 23.4 Å². The van der Waals surface area contributed by atoms with E-state index in [1.54, 1.807) is 37.3 Å². The Morgan fingerprint density at radius 2 is 1.86 bits per heavy atom. The molecule has 1 atom stereocenters. The minimum Gasteiger partial charge on any atom is -0.325 e. The van der Waals surface area contributed by atoms with Gasteiger partial charge < -0.3 is 10.6 Å². The summed E-state index contributed by atoms with van der Waals surface area (Å²) in [5.74, 6) is -0.648. The first-order chi connectivity index (χ1) is 13.8. The van der Waals surface area contributed by atoms with Crippen molar-refractivity contribution in [2.75, 3.05) is 5.32 Å². The molecule has 1 fully saturated rings. The lowest BCUT2D eigenvalue weighted by Crippen LogP contribution is -2.41. The highest BCUT2D eigenvalue weighted by atomic mass is 35.5. The van der Waals surface area contributed by atoms with E-state index in [4.69, 9.17) is 34.8 Å². The number of rotatable bonds is 4. The lowest BCUT2D eigenvalue weighted by Gasteiger charge is -2.21. The number of carbonyl (C=O) groups is 2. The standard InChI is InChI=1S/C19H15Cl3N4O2S/c1-10(11-2-4-12(20)5-3-11)25-26-19-24-17(27)9-16(29-19)18(28)23-13-6-7-14(21)15(22)8-13/h2-8,16H,9H2,1H3,(H,23,28)(H,24,26,27)/b25-10-. The summed E-state index contributed by atoms with van der Waals surface area (Å²) in [4.78, 5) is 24.6. The predicted octanol–water partition coefficient (Wildman–Crippen LogP) is 4.99. The van der Waals surface area contributed by atoms with E-state index in [9.17, 15) is 9.59 Å². The lowest BCUT2D eigenvalue weighted by atomic mass is 10.1. The fraction of sp³-hybridized carbons (Fsp3) is 0.158. The predicted molar refractivity (Wildman–Crippen MR) is 120 cm³/mol. The number of amides is 2. The number of nitrogens with zero attached hydrogens (tertiary/aromatic N) is 2. The Balaban J connectivity index is 1.70. The molecule has 10 heteroatoms. The molecule has 0 radical (unpaired) electrons. The Morgan fingerprint density at radius 1 is 1.14 bits per heavy atom. The van der Waals surface area contributed by atoms with E-state index in [1.807, 2.05) is 12.1 Å². The summed E-state index contributed by atoms with van der Waals surface area (Å²) >= 11 is 18.9. The first-order valence-corrected chi connectivity index (χ1v) is 10.4. The van der Waals surface area contributed by atoms with Crippen LogP contribution in [0.15, 0.2) is 52.7 Å². The van der Waals surface area contributed by atoms with Crippen LogP contribution in [0, 0.1) is 0 Å². The van der Waals surface area contributed by atoms with Crippen molar-refractivity contribution in [3.05, 3.63) is 63.1 Å². The van der Waals surface area contributed by atoms with Crippen molar-refractivity contribution in [3.63, 3.8) is 0 Å². The number of amidine groups is 1. The van der Waals surface area contributed by atoms with Gasteiger partial charge >= 0.3 is 0 Å². The van der Waals surface area contributed by atoms with Gasteiger partial charge in [-0.3, -0.25) is 9.59 Å². The van der Waals surface area contributed by atoms with Crippen LogP contribution in [0.1, 0.15) is 18.9 Å². The van der Waals surface area contributed by atoms with Crippen LogP contribution in [0.5, 0.6) is 0 Å². The van der Waals surface area contributed by atoms with Gasteiger partial charge in [0.05, 0.1) is 15.8 Å². The van der Waals surface area contributed by atoms with E-state index in [0.29, 0.717) is 26.5 Å². The Kier molecular flexibility index (Phi) is 7.18. The van der Waals surface area contributed by atoms with Crippen LogP contribution in [0.4, 0.5) is 5.69 Å². The molecular weight excluding hydrogens is 455 g/mol. The zero-order valence-electron chi connectivity index (χ0n) is 15.1. The maximum absolute atomic E-state index is 12.6. The van der Waals surface area contributed by atoms with Crippen LogP contribution >= 0.6 is 46.6 Å². The Bertz CT molecular complexity index is 1010. The Hall–Kier alpha value is -2.06. The highest BCUT2D eigenvalue weighted by Gasteiger charge is 2.30. The number of carbonyl (C=O) groups excluding carboxylic acids is 2. The molecule has 1 aliphatic heterocycles. The molecule has 1 unspecified atom stereocenters. The number of hydrogen-bond donors (Lipinski definition) is 2. The molecule has 1 saturated heterocycles. The van der Waals surface area contributed by atoms with Gasteiger partial charge in [-0.1, -0.05) is 58.7 Å². The van der Waals surface area contributed by atoms with Crippen molar-refractivity contribution < 1.29 is 9.59 Å². The zero-order chi connectivity index (χ0) is 21.0. The maximum Gasteiger partial charge on any atom is 0.238 e. The van der Waals surface area contributed by atoms with E-state index < -0.39 is 5.25 Å². The minimum absolute atomic E-state index is 0.0245. The molecule has 1 heterocycles. The van der Waals surface area contributed by atoms with Crippen LogP contribution in [-0.2, 0) is 9.59 Å². The maximum atomic E-state index is 12.6. The van der Waals surface area contributed by atoms with Crippen LogP contribution in [0.3, 0.4) is 0 Å². The molecule has 3 rings (SSSR count). The average Bonchev–Trinajstić information content (AvgIpc) is 2.69. The summed E-state index contributed by atoms with van der Waals surface area (Å²) in [6, 6.07) is 11.9. The molecule has 150 valence electrons. The van der Waals surface area contributed by atoms with E-state index >= 15 is 0 Å². The van der Waals surface area contributed by atoms with Gasteiger partial charge in [0.2, 0.25) is 11.8 Å². The summed E-state index contributed by atoms with van der Waals surface area (Å²) < 4.78 is 0. The minimum atomic E-state index is -0.650. The third kappa shape index (κ3) is 5.96. The number of benzene rings is 2. The second-order valence-electron chi connectivity index (χ2n) is 6.07. The van der Waals surface area contributed by atoms with Crippen molar-refractivity contribution in [1.82, 2.24) is 5.32 Å². The zero-order valence-corrected chi connectivity index (χ0v) is 18.2. The second-order valence-corrected chi connectivity index (χ2v) is 8.52. The number of anilines is 1. The number of halogens is 3. The summed E-state index contributed by atoms with van der Waals surface area (Å²) in [6.45, 7) is 1.79. The average molecular weight is 470 g/mol. The smallest absolute Gasteiger partial charge is 0.238 e. The van der Waals surface area contributed by atoms with E-state index in [2.05, 4.69) is 20.8 Å². The molecule has 2 N–H and O–H groups in total. The fourth-order valence-corrected chi connectivity index (χ4v) is 3.76. The van der Waals surface area contributed by atoms with Crippen molar-refractivity contribution in [2.45, 2.75) is 18.6 Å². The monoisotopic (exact) mass is 468 g/mol. The normalized spacial score (nSPS) is 18.5.